The van der Waals surface area contributed by atoms with Crippen molar-refractivity contribution >= 4 is 35.1 Å². The van der Waals surface area contributed by atoms with Gasteiger partial charge in [0.2, 0.25) is 0 Å². The molecule has 8 heteroatoms. The molecule has 2 aromatic heterocycles. The van der Waals surface area contributed by atoms with Crippen LogP contribution in [0.25, 0.3) is 0 Å². The van der Waals surface area contributed by atoms with Crippen LogP contribution < -0.4 is 0 Å². The van der Waals surface area contributed by atoms with Crippen LogP contribution in [-0.4, -0.2) is 44.9 Å². The number of aromatic amines is 2. The van der Waals surface area contributed by atoms with Crippen LogP contribution >= 0.6 is 23.2 Å². The van der Waals surface area contributed by atoms with Gasteiger partial charge in [-0.25, -0.2) is 9.59 Å². The van der Waals surface area contributed by atoms with Crippen molar-refractivity contribution in [3.05, 3.63) is 45.0 Å². The second kappa shape index (κ2) is 10.6. The van der Waals surface area contributed by atoms with Crippen molar-refractivity contribution in [3.8, 4) is 0 Å². The van der Waals surface area contributed by atoms with Crippen LogP contribution in [0.15, 0.2) is 0 Å². The minimum absolute atomic E-state index is 0.385. The molecular weight excluding hydrogens is 463 g/mol. The average Bonchev–Trinajstić information content (AvgIpc) is 3.12. The molecule has 2 rings (SSSR count). The van der Waals surface area contributed by atoms with Crippen LogP contribution in [0.5, 0.6) is 0 Å². The van der Waals surface area contributed by atoms with Gasteiger partial charge in [-0.1, -0.05) is 0 Å². The van der Waals surface area contributed by atoms with Crippen LogP contribution in [0.4, 0.5) is 0 Å². The van der Waals surface area contributed by atoms with E-state index in [4.69, 9.17) is 32.7 Å². The maximum Gasteiger partial charge on any atom is 0.355 e. The highest BCUT2D eigenvalue weighted by Gasteiger charge is 2.27. The quantitative estimate of drug-likeness (QED) is 0.344. The highest BCUT2D eigenvalue weighted by molar-refractivity contribution is 6.18. The molecule has 0 atom stereocenters. The van der Waals surface area contributed by atoms with Crippen LogP contribution in [-0.2, 0) is 28.7 Å². The van der Waals surface area contributed by atoms with Gasteiger partial charge in [0.1, 0.15) is 22.6 Å². The van der Waals surface area contributed by atoms with Gasteiger partial charge in [-0.15, -0.1) is 23.2 Å². The number of esters is 2. The Balaban J connectivity index is 2.49. The number of H-pyrrole nitrogens is 2. The molecule has 0 aliphatic heterocycles. The minimum atomic E-state index is -0.610. The van der Waals surface area contributed by atoms with Gasteiger partial charge in [-0.2, -0.15) is 0 Å². The number of halogens is 2. The zero-order valence-electron chi connectivity index (χ0n) is 20.9. The Labute approximate surface area is 206 Å². The molecule has 0 spiro atoms. The van der Waals surface area contributed by atoms with Crippen molar-refractivity contribution in [1.29, 1.82) is 0 Å². The molecule has 0 saturated heterocycles. The summed E-state index contributed by atoms with van der Waals surface area (Å²) < 4.78 is 11.2. The minimum Gasteiger partial charge on any atom is -0.455 e. The lowest BCUT2D eigenvalue weighted by Gasteiger charge is -2.19. The first-order valence-corrected chi connectivity index (χ1v) is 12.2. The lowest BCUT2D eigenvalue weighted by Crippen LogP contribution is -2.24. The third kappa shape index (κ3) is 7.03. The summed E-state index contributed by atoms with van der Waals surface area (Å²) in [7, 11) is 0. The van der Waals surface area contributed by atoms with Gasteiger partial charge in [0.05, 0.1) is 0 Å². The largest absolute Gasteiger partial charge is 0.455 e. The summed E-state index contributed by atoms with van der Waals surface area (Å²) in [5.41, 5.74) is 5.00. The summed E-state index contributed by atoms with van der Waals surface area (Å²) in [6.07, 6.45) is 1.62. The Morgan fingerprint density at radius 1 is 0.727 bits per heavy atom. The monoisotopic (exact) mass is 498 g/mol. The molecule has 0 bridgehead atoms. The Morgan fingerprint density at radius 2 is 1.18 bits per heavy atom. The summed E-state index contributed by atoms with van der Waals surface area (Å²) >= 11 is 12.1. The van der Waals surface area contributed by atoms with Crippen LogP contribution in [0.3, 0.4) is 0 Å². The van der Waals surface area contributed by atoms with Gasteiger partial charge in [0, 0.05) is 29.6 Å². The molecule has 184 valence electrons. The second-order valence-electron chi connectivity index (χ2n) is 10.2. The Bertz CT molecular complexity index is 1010. The predicted molar refractivity (Wildman–Crippen MR) is 133 cm³/mol. The smallest absolute Gasteiger partial charge is 0.355 e. The number of rotatable bonds is 8. The topological polar surface area (TPSA) is 84.2 Å². The molecule has 0 amide bonds. The lowest BCUT2D eigenvalue weighted by atomic mass is 10.0. The number of carbonyl (C=O) groups excluding carboxylic acids is 2. The van der Waals surface area contributed by atoms with Gasteiger partial charge in [0.15, 0.2) is 0 Å². The van der Waals surface area contributed by atoms with E-state index in [0.29, 0.717) is 42.4 Å². The maximum absolute atomic E-state index is 12.8. The summed E-state index contributed by atoms with van der Waals surface area (Å²) in [6, 6.07) is 0. The molecule has 0 aliphatic rings. The first-order chi connectivity index (χ1) is 15.2. The van der Waals surface area contributed by atoms with E-state index in [9.17, 15) is 9.59 Å². The average molecular weight is 499 g/mol. The summed E-state index contributed by atoms with van der Waals surface area (Å²) in [5, 5.41) is 0. The Morgan fingerprint density at radius 3 is 1.67 bits per heavy atom. The third-order valence-corrected chi connectivity index (χ3v) is 5.58. The summed E-state index contributed by atoms with van der Waals surface area (Å²) in [4.78, 5) is 32.1. The molecule has 33 heavy (non-hydrogen) atoms. The number of carbonyl (C=O) groups is 2. The molecule has 0 aliphatic carbocycles. The molecule has 2 N–H and O–H groups in total. The predicted octanol–water partition coefficient (Wildman–Crippen LogP) is 6.02. The fraction of sp³-hybridized carbons (Fsp3) is 0.600. The van der Waals surface area contributed by atoms with Gasteiger partial charge < -0.3 is 19.4 Å². The van der Waals surface area contributed by atoms with Crippen molar-refractivity contribution in [1.82, 2.24) is 9.97 Å². The maximum atomic E-state index is 12.8. The lowest BCUT2D eigenvalue weighted by molar-refractivity contribution is 0.00502. The van der Waals surface area contributed by atoms with E-state index in [1.54, 1.807) is 0 Å². The molecule has 0 unspecified atom stereocenters. The van der Waals surface area contributed by atoms with E-state index >= 15 is 0 Å². The van der Waals surface area contributed by atoms with Crippen molar-refractivity contribution in [2.45, 2.75) is 85.9 Å². The number of hydrogen-bond acceptors (Lipinski definition) is 4. The molecule has 0 fully saturated rings. The summed E-state index contributed by atoms with van der Waals surface area (Å²) in [5.74, 6) is -0.00256. The summed E-state index contributed by atoms with van der Waals surface area (Å²) in [6.45, 7) is 14.9. The molecule has 2 aromatic rings. The molecular formula is C25H36Cl2N2O4. The fourth-order valence-electron chi connectivity index (χ4n) is 3.77. The van der Waals surface area contributed by atoms with Crippen LogP contribution in [0.2, 0.25) is 0 Å². The Hall–Kier alpha value is -1.92. The zero-order valence-corrected chi connectivity index (χ0v) is 22.4. The SMILES string of the molecule is Cc1c(C(=O)OC(C)(C)C)[nH]c(Cc2[nH]c(C(=O)OC(C)(C)C)c(CCCl)c2C)c1CCCl. The molecule has 2 heterocycles. The highest BCUT2D eigenvalue weighted by Crippen LogP contribution is 2.28. The van der Waals surface area contributed by atoms with Crippen LogP contribution in [0, 0.1) is 13.8 Å². The molecule has 0 saturated carbocycles. The van der Waals surface area contributed by atoms with Gasteiger partial charge >= 0.3 is 11.9 Å². The number of aromatic nitrogens is 2. The van der Waals surface area contributed by atoms with Gasteiger partial charge in [-0.3, -0.25) is 0 Å². The number of nitrogens with one attached hydrogen (secondary N) is 2. The second-order valence-corrected chi connectivity index (χ2v) is 11.0. The van der Waals surface area contributed by atoms with Crippen molar-refractivity contribution < 1.29 is 19.1 Å². The van der Waals surface area contributed by atoms with E-state index in [2.05, 4.69) is 9.97 Å². The van der Waals surface area contributed by atoms with Gasteiger partial charge in [0.25, 0.3) is 0 Å². The fourth-order valence-corrected chi connectivity index (χ4v) is 4.15. The van der Waals surface area contributed by atoms with E-state index in [-0.39, 0.29) is 0 Å². The standard InChI is InChI=1S/C25H36Cl2N2O4/c1-14-17(10-12-27)21(23(31)33-25(6,7)8)28-18(14)13-19-16(9-11-26)15(2)20(29-19)22(30)32-24(3,4)5/h28-29H,9-13H2,1-8H3. The highest BCUT2D eigenvalue weighted by atomic mass is 35.5. The molecule has 0 radical (unpaired) electrons. The zero-order chi connectivity index (χ0) is 25.1. The third-order valence-electron chi connectivity index (χ3n) is 5.20. The van der Waals surface area contributed by atoms with Crippen molar-refractivity contribution in [2.24, 2.45) is 0 Å². The van der Waals surface area contributed by atoms with Crippen LogP contribution in [0.1, 0.15) is 96.2 Å². The van der Waals surface area contributed by atoms with Gasteiger partial charge in [-0.05, 0) is 90.5 Å². The number of alkyl halides is 2. The first kappa shape index (κ1) is 27.3. The van der Waals surface area contributed by atoms with E-state index in [1.807, 2.05) is 55.4 Å². The van der Waals surface area contributed by atoms with E-state index in [1.165, 1.54) is 0 Å². The van der Waals surface area contributed by atoms with E-state index in [0.717, 1.165) is 33.6 Å². The molecule has 6 nitrogen and oxygen atoms in total. The van der Waals surface area contributed by atoms with Crippen molar-refractivity contribution in [3.63, 3.8) is 0 Å². The molecule has 0 aromatic carbocycles. The van der Waals surface area contributed by atoms with Crippen molar-refractivity contribution in [2.75, 3.05) is 11.8 Å². The van der Waals surface area contributed by atoms with E-state index < -0.39 is 23.1 Å². The number of hydrogen-bond donors (Lipinski definition) is 2. The number of ether oxygens (including phenoxy) is 2. The Kier molecular flexibility index (Phi) is 8.74. The first-order valence-electron chi connectivity index (χ1n) is 11.2. The normalized spacial score (nSPS) is 12.2.